The van der Waals surface area contributed by atoms with Crippen LogP contribution in [-0.4, -0.2) is 49.4 Å². The molecular formula is C12H17N3O3. The molecule has 6 nitrogen and oxygen atoms in total. The minimum absolute atomic E-state index is 0.154. The summed E-state index contributed by atoms with van der Waals surface area (Å²) < 4.78 is 4.92. The maximum atomic E-state index is 11.7. The number of imide groups is 1. The number of carbonyl (C=O) groups is 2. The van der Waals surface area contributed by atoms with Gasteiger partial charge in [-0.2, -0.15) is 0 Å². The van der Waals surface area contributed by atoms with Crippen molar-refractivity contribution in [3.8, 4) is 0 Å². The zero-order chi connectivity index (χ0) is 12.8. The van der Waals surface area contributed by atoms with Crippen LogP contribution in [0.5, 0.6) is 0 Å². The van der Waals surface area contributed by atoms with Crippen molar-refractivity contribution in [3.63, 3.8) is 0 Å². The summed E-state index contributed by atoms with van der Waals surface area (Å²) in [6, 6.07) is 3.14. The van der Waals surface area contributed by atoms with Gasteiger partial charge in [-0.1, -0.05) is 0 Å². The van der Waals surface area contributed by atoms with Crippen molar-refractivity contribution in [1.29, 1.82) is 0 Å². The van der Waals surface area contributed by atoms with Crippen LogP contribution in [0.2, 0.25) is 0 Å². The third-order valence-electron chi connectivity index (χ3n) is 2.80. The molecular weight excluding hydrogens is 234 g/mol. The molecule has 1 fully saturated rings. The van der Waals surface area contributed by atoms with Crippen LogP contribution < -0.4 is 10.6 Å². The van der Waals surface area contributed by atoms with Crippen molar-refractivity contribution in [2.45, 2.75) is 6.42 Å². The molecule has 1 aromatic rings. The molecule has 0 spiro atoms. The molecule has 6 heteroatoms. The lowest BCUT2D eigenvalue weighted by molar-refractivity contribution is -0.121. The average molecular weight is 251 g/mol. The van der Waals surface area contributed by atoms with Crippen molar-refractivity contribution in [3.05, 3.63) is 24.2 Å². The highest BCUT2D eigenvalue weighted by Gasteiger charge is 2.16. The van der Waals surface area contributed by atoms with Crippen LogP contribution >= 0.6 is 0 Å². The van der Waals surface area contributed by atoms with Crippen LogP contribution in [0.3, 0.4) is 0 Å². The Balaban J connectivity index is 1.79. The summed E-state index contributed by atoms with van der Waals surface area (Å²) in [6.07, 6.45) is 2.42. The van der Waals surface area contributed by atoms with E-state index in [4.69, 9.17) is 4.42 Å². The first-order valence-corrected chi connectivity index (χ1v) is 6.06. The van der Waals surface area contributed by atoms with Gasteiger partial charge in [-0.05, 0) is 31.6 Å². The number of carbonyl (C=O) groups excluding carboxylic acids is 2. The van der Waals surface area contributed by atoms with E-state index < -0.39 is 5.91 Å². The van der Waals surface area contributed by atoms with Crippen LogP contribution in [0.15, 0.2) is 22.8 Å². The van der Waals surface area contributed by atoms with E-state index in [0.29, 0.717) is 0 Å². The van der Waals surface area contributed by atoms with Gasteiger partial charge in [-0.25, -0.2) is 0 Å². The first kappa shape index (κ1) is 12.8. The largest absolute Gasteiger partial charge is 0.459 e. The van der Waals surface area contributed by atoms with E-state index in [9.17, 15) is 9.59 Å². The molecule has 0 radical (unpaired) electrons. The molecule has 1 aliphatic rings. The van der Waals surface area contributed by atoms with E-state index in [1.165, 1.54) is 12.3 Å². The molecule has 0 unspecified atom stereocenters. The normalized spacial score (nSPS) is 17.1. The minimum atomic E-state index is -0.488. The molecule has 0 aromatic carbocycles. The predicted molar refractivity (Wildman–Crippen MR) is 65.1 cm³/mol. The fourth-order valence-electron chi connectivity index (χ4n) is 1.90. The summed E-state index contributed by atoms with van der Waals surface area (Å²) in [7, 11) is 0. The highest BCUT2D eigenvalue weighted by atomic mass is 16.3. The zero-order valence-corrected chi connectivity index (χ0v) is 10.1. The Bertz CT molecular complexity index is 395. The molecule has 2 N–H and O–H groups in total. The molecule has 2 rings (SSSR count). The molecule has 0 saturated carbocycles. The SMILES string of the molecule is O=C(CN1CCCNCC1)NC(=O)c1ccco1. The highest BCUT2D eigenvalue weighted by molar-refractivity contribution is 6.03. The molecule has 0 bridgehead atoms. The van der Waals surface area contributed by atoms with Gasteiger partial charge >= 0.3 is 0 Å². The summed E-state index contributed by atoms with van der Waals surface area (Å²) in [4.78, 5) is 25.3. The zero-order valence-electron chi connectivity index (χ0n) is 10.1. The fourth-order valence-corrected chi connectivity index (χ4v) is 1.90. The first-order chi connectivity index (χ1) is 8.75. The monoisotopic (exact) mass is 251 g/mol. The second kappa shape index (κ2) is 6.32. The Hall–Kier alpha value is -1.66. The Morgan fingerprint density at radius 2 is 2.28 bits per heavy atom. The molecule has 0 atom stereocenters. The number of furan rings is 1. The Morgan fingerprint density at radius 1 is 1.39 bits per heavy atom. The van der Waals surface area contributed by atoms with Gasteiger partial charge in [0, 0.05) is 13.1 Å². The van der Waals surface area contributed by atoms with Crippen LogP contribution in [-0.2, 0) is 4.79 Å². The van der Waals surface area contributed by atoms with Gasteiger partial charge in [0.15, 0.2) is 5.76 Å². The highest BCUT2D eigenvalue weighted by Crippen LogP contribution is 1.99. The van der Waals surface area contributed by atoms with Gasteiger partial charge < -0.3 is 9.73 Å². The van der Waals surface area contributed by atoms with Gasteiger partial charge in [0.25, 0.3) is 5.91 Å². The molecule has 1 aromatic heterocycles. The predicted octanol–water partition coefficient (Wildman–Crippen LogP) is -0.169. The van der Waals surface area contributed by atoms with Crippen LogP contribution in [0.1, 0.15) is 17.0 Å². The number of nitrogens with one attached hydrogen (secondary N) is 2. The summed E-state index contributed by atoms with van der Waals surface area (Å²) in [5, 5.41) is 5.57. The lowest BCUT2D eigenvalue weighted by Crippen LogP contribution is -2.41. The Kier molecular flexibility index (Phi) is 4.49. The summed E-state index contributed by atoms with van der Waals surface area (Å²) in [5.41, 5.74) is 0. The first-order valence-electron chi connectivity index (χ1n) is 6.06. The number of amides is 2. The quantitative estimate of drug-likeness (QED) is 0.780. The smallest absolute Gasteiger partial charge is 0.293 e. The van der Waals surface area contributed by atoms with Gasteiger partial charge in [-0.3, -0.25) is 19.8 Å². The van der Waals surface area contributed by atoms with Crippen molar-refractivity contribution in [1.82, 2.24) is 15.5 Å². The maximum absolute atomic E-state index is 11.7. The minimum Gasteiger partial charge on any atom is -0.459 e. The van der Waals surface area contributed by atoms with E-state index in [0.717, 1.165) is 32.6 Å². The lowest BCUT2D eigenvalue weighted by atomic mass is 10.3. The average Bonchev–Trinajstić information content (AvgIpc) is 2.76. The van der Waals surface area contributed by atoms with E-state index in [1.54, 1.807) is 6.07 Å². The second-order valence-corrected chi connectivity index (χ2v) is 4.23. The molecule has 2 amide bonds. The number of rotatable bonds is 3. The van der Waals surface area contributed by atoms with Crippen molar-refractivity contribution < 1.29 is 14.0 Å². The van der Waals surface area contributed by atoms with Gasteiger partial charge in [0.1, 0.15) is 0 Å². The molecule has 1 aliphatic heterocycles. The third-order valence-corrected chi connectivity index (χ3v) is 2.80. The second-order valence-electron chi connectivity index (χ2n) is 4.23. The summed E-state index contributed by atoms with van der Waals surface area (Å²) >= 11 is 0. The Morgan fingerprint density at radius 3 is 3.06 bits per heavy atom. The third kappa shape index (κ3) is 3.68. The van der Waals surface area contributed by atoms with Crippen molar-refractivity contribution in [2.24, 2.45) is 0 Å². The molecule has 2 heterocycles. The van der Waals surface area contributed by atoms with Crippen molar-refractivity contribution in [2.75, 3.05) is 32.7 Å². The number of hydrogen-bond acceptors (Lipinski definition) is 5. The maximum Gasteiger partial charge on any atom is 0.293 e. The fraction of sp³-hybridized carbons (Fsp3) is 0.500. The van der Waals surface area contributed by atoms with E-state index in [-0.39, 0.29) is 18.2 Å². The topological polar surface area (TPSA) is 74.6 Å². The lowest BCUT2D eigenvalue weighted by Gasteiger charge is -2.17. The molecule has 18 heavy (non-hydrogen) atoms. The van der Waals surface area contributed by atoms with E-state index >= 15 is 0 Å². The van der Waals surface area contributed by atoms with Crippen LogP contribution in [0.25, 0.3) is 0 Å². The Labute approximate surface area is 105 Å². The summed E-state index contributed by atoms with van der Waals surface area (Å²) in [5.74, 6) is -0.628. The molecule has 98 valence electrons. The van der Waals surface area contributed by atoms with Crippen LogP contribution in [0.4, 0.5) is 0 Å². The van der Waals surface area contributed by atoms with Gasteiger partial charge in [-0.15, -0.1) is 0 Å². The van der Waals surface area contributed by atoms with Crippen LogP contribution in [0, 0.1) is 0 Å². The summed E-state index contributed by atoms with van der Waals surface area (Å²) in [6.45, 7) is 3.79. The number of hydrogen-bond donors (Lipinski definition) is 2. The molecule has 1 saturated heterocycles. The molecule has 0 aliphatic carbocycles. The van der Waals surface area contributed by atoms with Crippen molar-refractivity contribution >= 4 is 11.8 Å². The van der Waals surface area contributed by atoms with E-state index in [2.05, 4.69) is 10.6 Å². The number of nitrogens with zero attached hydrogens (tertiary/aromatic N) is 1. The van der Waals surface area contributed by atoms with E-state index in [1.807, 2.05) is 4.90 Å². The van der Waals surface area contributed by atoms with Gasteiger partial charge in [0.05, 0.1) is 12.8 Å². The standard InChI is InChI=1S/C12H17N3O3/c16-11(9-15-6-2-4-13-5-7-15)14-12(17)10-3-1-8-18-10/h1,3,8,13H,2,4-7,9H2,(H,14,16,17). The van der Waals surface area contributed by atoms with Gasteiger partial charge in [0.2, 0.25) is 5.91 Å².